The first kappa shape index (κ1) is 18.2. The number of aryl methyl sites for hydroxylation is 2. The summed E-state index contributed by atoms with van der Waals surface area (Å²) in [4.78, 5) is 14.9. The third-order valence-electron chi connectivity index (χ3n) is 6.32. The molecule has 6 nitrogen and oxygen atoms in total. The van der Waals surface area contributed by atoms with Crippen LogP contribution in [0, 0.1) is 5.92 Å². The lowest BCUT2D eigenvalue weighted by molar-refractivity contribution is 0.186. The zero-order valence-corrected chi connectivity index (χ0v) is 16.2. The summed E-state index contributed by atoms with van der Waals surface area (Å²) in [6.45, 7) is 2.67. The van der Waals surface area contributed by atoms with E-state index in [1.807, 2.05) is 0 Å². The van der Waals surface area contributed by atoms with Crippen LogP contribution in [0.3, 0.4) is 0 Å². The number of aromatic nitrogens is 2. The molecule has 0 bridgehead atoms. The molecule has 2 saturated heterocycles. The van der Waals surface area contributed by atoms with Crippen LogP contribution < -0.4 is 5.56 Å². The molecule has 3 aliphatic rings. The molecular weight excluding hydrogens is 350 g/mol. The second-order valence-electron chi connectivity index (χ2n) is 8.23. The van der Waals surface area contributed by atoms with E-state index in [0.717, 1.165) is 69.3 Å². The summed E-state index contributed by atoms with van der Waals surface area (Å²) in [5.74, 6) is 1.14. The Kier molecular flexibility index (Phi) is 5.19. The summed E-state index contributed by atoms with van der Waals surface area (Å²) in [7, 11) is -2.80. The molecule has 0 aromatic carbocycles. The minimum absolute atomic E-state index is 0.0289. The van der Waals surface area contributed by atoms with Crippen LogP contribution in [0.5, 0.6) is 0 Å². The summed E-state index contributed by atoms with van der Waals surface area (Å²) in [5, 5.41) is 4.67. The Balaban J connectivity index is 1.42. The van der Waals surface area contributed by atoms with Crippen LogP contribution in [0.15, 0.2) is 10.9 Å². The van der Waals surface area contributed by atoms with Crippen molar-refractivity contribution >= 4 is 9.84 Å². The molecule has 0 saturated carbocycles. The van der Waals surface area contributed by atoms with Crippen molar-refractivity contribution in [2.75, 3.05) is 24.6 Å². The zero-order chi connectivity index (χ0) is 18.1. The fourth-order valence-electron chi connectivity index (χ4n) is 4.73. The van der Waals surface area contributed by atoms with Crippen molar-refractivity contribution < 1.29 is 8.42 Å². The van der Waals surface area contributed by atoms with Crippen LogP contribution >= 0.6 is 0 Å². The first-order valence-corrected chi connectivity index (χ1v) is 11.9. The third-order valence-corrected chi connectivity index (χ3v) is 8.04. The van der Waals surface area contributed by atoms with Gasteiger partial charge in [0.1, 0.15) is 9.84 Å². The molecular formula is C19H29N3O3S. The van der Waals surface area contributed by atoms with E-state index in [2.05, 4.69) is 10.00 Å². The van der Waals surface area contributed by atoms with E-state index < -0.39 is 9.84 Å². The lowest BCUT2D eigenvalue weighted by atomic mass is 9.97. The van der Waals surface area contributed by atoms with E-state index in [1.165, 1.54) is 6.42 Å². The summed E-state index contributed by atoms with van der Waals surface area (Å²) >= 11 is 0. The maximum atomic E-state index is 12.5. The number of hydrogen-bond acceptors (Lipinski definition) is 5. The number of nitrogens with zero attached hydrogens (tertiary/aromatic N) is 3. The Bertz CT molecular complexity index is 804. The van der Waals surface area contributed by atoms with Crippen molar-refractivity contribution in [1.82, 2.24) is 14.7 Å². The van der Waals surface area contributed by atoms with Crippen molar-refractivity contribution in [3.05, 3.63) is 27.7 Å². The largest absolute Gasteiger partial charge is 0.298 e. The van der Waals surface area contributed by atoms with Crippen LogP contribution in [0.1, 0.15) is 49.8 Å². The zero-order valence-electron chi connectivity index (χ0n) is 15.4. The predicted octanol–water partition coefficient (Wildman–Crippen LogP) is 1.41. The molecule has 1 atom stereocenters. The van der Waals surface area contributed by atoms with Gasteiger partial charge in [-0.2, -0.15) is 5.10 Å². The lowest BCUT2D eigenvalue weighted by Crippen LogP contribution is -2.41. The fraction of sp³-hybridized carbons (Fsp3) is 0.789. The van der Waals surface area contributed by atoms with Gasteiger partial charge in [0.15, 0.2) is 0 Å². The Morgan fingerprint density at radius 1 is 1.04 bits per heavy atom. The second-order valence-corrected chi connectivity index (χ2v) is 10.5. The van der Waals surface area contributed by atoms with E-state index in [4.69, 9.17) is 0 Å². The summed E-state index contributed by atoms with van der Waals surface area (Å²) in [6.07, 6.45) is 8.10. The first-order valence-electron chi connectivity index (χ1n) is 10.0. The molecule has 7 heteroatoms. The van der Waals surface area contributed by atoms with Gasteiger partial charge in [0.2, 0.25) is 0 Å². The molecule has 26 heavy (non-hydrogen) atoms. The van der Waals surface area contributed by atoms with Gasteiger partial charge in [-0.15, -0.1) is 0 Å². The molecule has 1 unspecified atom stereocenters. The van der Waals surface area contributed by atoms with E-state index in [9.17, 15) is 13.2 Å². The van der Waals surface area contributed by atoms with Crippen molar-refractivity contribution in [3.8, 4) is 0 Å². The van der Waals surface area contributed by atoms with E-state index in [-0.39, 0.29) is 5.56 Å². The van der Waals surface area contributed by atoms with Crippen molar-refractivity contribution in [2.45, 2.75) is 64.0 Å². The van der Waals surface area contributed by atoms with Gasteiger partial charge in [0, 0.05) is 18.7 Å². The Morgan fingerprint density at radius 3 is 2.62 bits per heavy atom. The molecule has 0 amide bonds. The molecule has 0 N–H and O–H groups in total. The van der Waals surface area contributed by atoms with Crippen molar-refractivity contribution in [1.29, 1.82) is 0 Å². The first-order chi connectivity index (χ1) is 12.5. The molecule has 2 fully saturated rings. The number of likely N-dealkylation sites (tertiary alicyclic amines) is 1. The summed E-state index contributed by atoms with van der Waals surface area (Å²) in [5.41, 5.74) is 2.28. The normalized spacial score (nSPS) is 26.7. The molecule has 1 aliphatic carbocycles. The number of rotatable bonds is 4. The molecule has 2 aliphatic heterocycles. The monoisotopic (exact) mass is 379 g/mol. The van der Waals surface area contributed by atoms with Crippen LogP contribution in [-0.4, -0.2) is 53.7 Å². The van der Waals surface area contributed by atoms with Crippen LogP contribution in [0.25, 0.3) is 0 Å². The molecule has 144 valence electrons. The van der Waals surface area contributed by atoms with Gasteiger partial charge >= 0.3 is 0 Å². The van der Waals surface area contributed by atoms with Gasteiger partial charge in [-0.05, 0) is 69.4 Å². The van der Waals surface area contributed by atoms with Crippen LogP contribution in [0.4, 0.5) is 0 Å². The van der Waals surface area contributed by atoms with Gasteiger partial charge in [0.05, 0.1) is 23.7 Å². The molecule has 1 aromatic rings. The molecule has 3 heterocycles. The number of fused-ring (bicyclic) bond motifs is 1. The highest BCUT2D eigenvalue weighted by atomic mass is 32.2. The quantitative estimate of drug-likeness (QED) is 0.791. The van der Waals surface area contributed by atoms with Crippen molar-refractivity contribution in [2.24, 2.45) is 5.92 Å². The highest BCUT2D eigenvalue weighted by Crippen LogP contribution is 2.25. The topological polar surface area (TPSA) is 72.3 Å². The Morgan fingerprint density at radius 2 is 1.81 bits per heavy atom. The minimum Gasteiger partial charge on any atom is -0.298 e. The summed E-state index contributed by atoms with van der Waals surface area (Å²) < 4.78 is 24.9. The fourth-order valence-corrected chi connectivity index (χ4v) is 6.32. The van der Waals surface area contributed by atoms with Crippen LogP contribution in [0.2, 0.25) is 0 Å². The SMILES string of the molecule is O=c1cc2c(nn1CC1CCCN1CC1CCS(=O)(=O)CC1)CCCC2. The van der Waals surface area contributed by atoms with Gasteiger partial charge < -0.3 is 0 Å². The Hall–Kier alpha value is -1.21. The number of hydrogen-bond donors (Lipinski definition) is 0. The van der Waals surface area contributed by atoms with E-state index in [0.29, 0.717) is 30.0 Å². The van der Waals surface area contributed by atoms with Crippen molar-refractivity contribution in [3.63, 3.8) is 0 Å². The molecule has 4 rings (SSSR count). The lowest BCUT2D eigenvalue weighted by Gasteiger charge is -2.31. The molecule has 0 radical (unpaired) electrons. The van der Waals surface area contributed by atoms with Gasteiger partial charge in [-0.25, -0.2) is 13.1 Å². The average Bonchev–Trinajstić information content (AvgIpc) is 3.04. The van der Waals surface area contributed by atoms with E-state index >= 15 is 0 Å². The predicted molar refractivity (Wildman–Crippen MR) is 101 cm³/mol. The minimum atomic E-state index is -2.80. The molecule has 0 spiro atoms. The maximum Gasteiger partial charge on any atom is 0.267 e. The number of sulfone groups is 1. The van der Waals surface area contributed by atoms with Gasteiger partial charge in [-0.3, -0.25) is 9.69 Å². The third kappa shape index (κ3) is 4.03. The van der Waals surface area contributed by atoms with Gasteiger partial charge in [-0.1, -0.05) is 0 Å². The van der Waals surface area contributed by atoms with E-state index in [1.54, 1.807) is 10.7 Å². The highest BCUT2D eigenvalue weighted by Gasteiger charge is 2.31. The highest BCUT2D eigenvalue weighted by molar-refractivity contribution is 7.91. The molecule has 1 aromatic heterocycles. The standard InChI is InChI=1S/C19H29N3O3S/c23-19-12-16-4-1-2-6-18(16)20-22(19)14-17-5-3-9-21(17)13-15-7-10-26(24,25)11-8-15/h12,15,17H,1-11,13-14H2. The van der Waals surface area contributed by atoms with Gasteiger partial charge in [0.25, 0.3) is 5.56 Å². The summed E-state index contributed by atoms with van der Waals surface area (Å²) in [6, 6.07) is 2.15. The smallest absolute Gasteiger partial charge is 0.267 e. The Labute approximate surface area is 155 Å². The second kappa shape index (κ2) is 7.43. The maximum absolute atomic E-state index is 12.5. The average molecular weight is 380 g/mol. The van der Waals surface area contributed by atoms with Crippen LogP contribution in [-0.2, 0) is 29.2 Å².